The molecule has 0 aliphatic carbocycles. The molecule has 0 aliphatic heterocycles. The third-order valence-corrected chi connectivity index (χ3v) is 2.74. The van der Waals surface area contributed by atoms with Crippen molar-refractivity contribution in [3.05, 3.63) is 40.4 Å². The summed E-state index contributed by atoms with van der Waals surface area (Å²) < 4.78 is 0. The first-order chi connectivity index (χ1) is 7.32. The molecule has 1 nitrogen and oxygen atoms in total. The van der Waals surface area contributed by atoms with Gasteiger partial charge >= 0.3 is 0 Å². The lowest BCUT2D eigenvalue weighted by Gasteiger charge is -2.13. The molecule has 1 aromatic carbocycles. The Labute approximate surface area is 102 Å². The number of halogens is 1. The van der Waals surface area contributed by atoms with Crippen molar-refractivity contribution in [2.75, 3.05) is 0 Å². The van der Waals surface area contributed by atoms with Crippen molar-refractivity contribution in [1.29, 1.82) is 0 Å². The molecule has 2 heteroatoms. The Balaban J connectivity index is 2.98. The summed E-state index contributed by atoms with van der Waals surface area (Å²) in [7, 11) is 0. The summed E-state index contributed by atoms with van der Waals surface area (Å²) in [6, 6.07) is 5.71. The van der Waals surface area contributed by atoms with E-state index in [1.54, 1.807) is 12.2 Å². The molecule has 1 rings (SSSR count). The Morgan fingerprint density at radius 1 is 1.31 bits per heavy atom. The standard InChI is InChI=1S/C14H17ClO/c1-10-6-5-7-12(15)11(10)8-9-13(16)14(2,3)4/h5-9H,1-4H3/b9-8+. The molecule has 0 bridgehead atoms. The molecule has 86 valence electrons. The molecular weight excluding hydrogens is 220 g/mol. The quantitative estimate of drug-likeness (QED) is 0.701. The summed E-state index contributed by atoms with van der Waals surface area (Å²) >= 11 is 6.06. The fourth-order valence-electron chi connectivity index (χ4n) is 1.26. The molecule has 1 aromatic rings. The SMILES string of the molecule is Cc1cccc(Cl)c1/C=C/C(=O)C(C)(C)C. The summed E-state index contributed by atoms with van der Waals surface area (Å²) in [5.74, 6) is 0.104. The van der Waals surface area contributed by atoms with E-state index >= 15 is 0 Å². The number of hydrogen-bond acceptors (Lipinski definition) is 1. The van der Waals surface area contributed by atoms with Gasteiger partial charge in [-0.25, -0.2) is 0 Å². The second-order valence-corrected chi connectivity index (χ2v) is 5.33. The van der Waals surface area contributed by atoms with Crippen LogP contribution in [0.5, 0.6) is 0 Å². The van der Waals surface area contributed by atoms with Crippen LogP contribution in [-0.4, -0.2) is 5.78 Å². The average Bonchev–Trinajstić information content (AvgIpc) is 2.15. The zero-order valence-electron chi connectivity index (χ0n) is 10.2. The van der Waals surface area contributed by atoms with Crippen LogP contribution in [0.3, 0.4) is 0 Å². The van der Waals surface area contributed by atoms with Gasteiger partial charge in [0.05, 0.1) is 0 Å². The fraction of sp³-hybridized carbons (Fsp3) is 0.357. The van der Waals surface area contributed by atoms with Crippen molar-refractivity contribution in [2.24, 2.45) is 5.41 Å². The maximum atomic E-state index is 11.7. The van der Waals surface area contributed by atoms with E-state index in [9.17, 15) is 4.79 Å². The van der Waals surface area contributed by atoms with E-state index < -0.39 is 0 Å². The van der Waals surface area contributed by atoms with Gasteiger partial charge in [-0.1, -0.05) is 44.5 Å². The second kappa shape index (κ2) is 4.84. The van der Waals surface area contributed by atoms with Crippen molar-refractivity contribution in [3.8, 4) is 0 Å². The summed E-state index contributed by atoms with van der Waals surface area (Å²) in [6.07, 6.45) is 3.40. The lowest BCUT2D eigenvalue weighted by Crippen LogP contribution is -2.17. The highest BCUT2D eigenvalue weighted by Gasteiger charge is 2.18. The van der Waals surface area contributed by atoms with Gasteiger partial charge in [-0.3, -0.25) is 4.79 Å². The Kier molecular flexibility index (Phi) is 3.93. The van der Waals surface area contributed by atoms with Gasteiger partial charge in [0.15, 0.2) is 5.78 Å². The van der Waals surface area contributed by atoms with Crippen LogP contribution in [0.2, 0.25) is 5.02 Å². The third kappa shape index (κ3) is 3.21. The van der Waals surface area contributed by atoms with Gasteiger partial charge in [0, 0.05) is 10.4 Å². The molecule has 0 unspecified atom stereocenters. The van der Waals surface area contributed by atoms with Crippen molar-refractivity contribution in [1.82, 2.24) is 0 Å². The fourth-order valence-corrected chi connectivity index (χ4v) is 1.55. The summed E-state index contributed by atoms with van der Waals surface area (Å²) in [5, 5.41) is 0.679. The van der Waals surface area contributed by atoms with Gasteiger partial charge in [0.25, 0.3) is 0 Å². The van der Waals surface area contributed by atoms with Crippen LogP contribution in [-0.2, 0) is 4.79 Å². The van der Waals surface area contributed by atoms with Crippen LogP contribution in [0.1, 0.15) is 31.9 Å². The van der Waals surface area contributed by atoms with Gasteiger partial charge in [0.2, 0.25) is 0 Å². The third-order valence-electron chi connectivity index (χ3n) is 2.41. The molecule has 0 spiro atoms. The summed E-state index contributed by atoms with van der Waals surface area (Å²) in [4.78, 5) is 11.7. The van der Waals surface area contributed by atoms with Crippen molar-refractivity contribution >= 4 is 23.5 Å². The number of carbonyl (C=O) groups is 1. The van der Waals surface area contributed by atoms with E-state index in [4.69, 9.17) is 11.6 Å². The minimum absolute atomic E-state index is 0.104. The van der Waals surface area contributed by atoms with E-state index in [-0.39, 0.29) is 11.2 Å². The van der Waals surface area contributed by atoms with Gasteiger partial charge in [0.1, 0.15) is 0 Å². The molecule has 0 saturated heterocycles. The highest BCUT2D eigenvalue weighted by molar-refractivity contribution is 6.32. The number of ketones is 1. The minimum atomic E-state index is -0.342. The smallest absolute Gasteiger partial charge is 0.161 e. The van der Waals surface area contributed by atoms with Crippen molar-refractivity contribution in [3.63, 3.8) is 0 Å². The lowest BCUT2D eigenvalue weighted by atomic mass is 9.90. The van der Waals surface area contributed by atoms with Gasteiger partial charge in [-0.15, -0.1) is 0 Å². The second-order valence-electron chi connectivity index (χ2n) is 4.92. The number of aryl methyl sites for hydroxylation is 1. The maximum absolute atomic E-state index is 11.7. The minimum Gasteiger partial charge on any atom is -0.294 e. The normalized spacial score (nSPS) is 12.1. The molecule has 0 atom stereocenters. The molecule has 0 fully saturated rings. The lowest BCUT2D eigenvalue weighted by molar-refractivity contribution is -0.121. The number of allylic oxidation sites excluding steroid dienone is 1. The zero-order chi connectivity index (χ0) is 12.3. The van der Waals surface area contributed by atoms with E-state index in [2.05, 4.69) is 0 Å². The number of hydrogen-bond donors (Lipinski definition) is 0. The van der Waals surface area contributed by atoms with E-state index in [0.29, 0.717) is 5.02 Å². The van der Waals surface area contributed by atoms with Crippen LogP contribution < -0.4 is 0 Å². The zero-order valence-corrected chi connectivity index (χ0v) is 10.9. The van der Waals surface area contributed by atoms with E-state index in [1.807, 2.05) is 45.9 Å². The number of rotatable bonds is 2. The van der Waals surface area contributed by atoms with Gasteiger partial charge in [-0.2, -0.15) is 0 Å². The highest BCUT2D eigenvalue weighted by atomic mass is 35.5. The van der Waals surface area contributed by atoms with Crippen LogP contribution in [0.25, 0.3) is 6.08 Å². The predicted octanol–water partition coefficient (Wildman–Crippen LogP) is 4.28. The molecule has 0 aliphatic rings. The molecule has 0 radical (unpaired) electrons. The summed E-state index contributed by atoms with van der Waals surface area (Å²) in [5.41, 5.74) is 1.65. The first kappa shape index (κ1) is 13.0. The summed E-state index contributed by atoms with van der Waals surface area (Å²) in [6.45, 7) is 7.69. The van der Waals surface area contributed by atoms with E-state index in [1.165, 1.54) is 0 Å². The Bertz CT molecular complexity index is 405. The number of benzene rings is 1. The average molecular weight is 237 g/mol. The monoisotopic (exact) mass is 236 g/mol. The maximum Gasteiger partial charge on any atom is 0.161 e. The van der Waals surface area contributed by atoms with E-state index in [0.717, 1.165) is 11.1 Å². The van der Waals surface area contributed by atoms with Crippen LogP contribution in [0.4, 0.5) is 0 Å². The first-order valence-corrected chi connectivity index (χ1v) is 5.68. The Morgan fingerprint density at radius 2 is 1.94 bits per heavy atom. The predicted molar refractivity (Wildman–Crippen MR) is 69.7 cm³/mol. The van der Waals surface area contributed by atoms with Crippen LogP contribution >= 0.6 is 11.6 Å². The van der Waals surface area contributed by atoms with Crippen LogP contribution in [0, 0.1) is 12.3 Å². The largest absolute Gasteiger partial charge is 0.294 e. The highest BCUT2D eigenvalue weighted by Crippen LogP contribution is 2.22. The molecular formula is C14H17ClO. The van der Waals surface area contributed by atoms with Gasteiger partial charge in [-0.05, 0) is 36.3 Å². The molecule has 0 heterocycles. The van der Waals surface area contributed by atoms with Gasteiger partial charge < -0.3 is 0 Å². The topological polar surface area (TPSA) is 17.1 Å². The Morgan fingerprint density at radius 3 is 2.44 bits per heavy atom. The van der Waals surface area contributed by atoms with Crippen LogP contribution in [0.15, 0.2) is 24.3 Å². The molecule has 0 amide bonds. The first-order valence-electron chi connectivity index (χ1n) is 5.30. The number of carbonyl (C=O) groups excluding carboxylic acids is 1. The molecule has 0 aromatic heterocycles. The molecule has 16 heavy (non-hydrogen) atoms. The molecule has 0 saturated carbocycles. The van der Waals surface area contributed by atoms with Crippen molar-refractivity contribution < 1.29 is 4.79 Å². The molecule has 0 N–H and O–H groups in total. The Hall–Kier alpha value is -1.08. The van der Waals surface area contributed by atoms with Crippen molar-refractivity contribution in [2.45, 2.75) is 27.7 Å².